The van der Waals surface area contributed by atoms with Gasteiger partial charge in [-0.2, -0.15) is 0 Å². The number of rotatable bonds is 2. The molecule has 0 spiro atoms. The van der Waals surface area contributed by atoms with Crippen molar-refractivity contribution in [2.75, 3.05) is 31.1 Å². The van der Waals surface area contributed by atoms with Crippen molar-refractivity contribution in [3.05, 3.63) is 53.3 Å². The first kappa shape index (κ1) is 14.3. The first-order chi connectivity index (χ1) is 11.2. The van der Waals surface area contributed by atoms with Crippen molar-refractivity contribution in [2.24, 2.45) is 0 Å². The maximum absolute atomic E-state index is 12.6. The van der Waals surface area contributed by atoms with Crippen LogP contribution in [0.15, 0.2) is 42.7 Å². The number of piperazine rings is 1. The van der Waals surface area contributed by atoms with Gasteiger partial charge in [0.15, 0.2) is 4.96 Å². The quantitative estimate of drug-likeness (QED) is 0.727. The Labute approximate surface area is 138 Å². The van der Waals surface area contributed by atoms with E-state index in [1.165, 1.54) is 10.6 Å². The number of nitrogens with zero attached hydrogens (tertiary/aromatic N) is 4. The highest BCUT2D eigenvalue weighted by atomic mass is 32.1. The third-order valence-corrected chi connectivity index (χ3v) is 5.09. The maximum atomic E-state index is 12.6. The van der Waals surface area contributed by atoms with Crippen LogP contribution in [0.4, 0.5) is 5.69 Å². The average Bonchev–Trinajstić information content (AvgIpc) is 3.12. The van der Waals surface area contributed by atoms with Crippen LogP contribution in [0.3, 0.4) is 0 Å². The topological polar surface area (TPSA) is 40.9 Å². The van der Waals surface area contributed by atoms with E-state index in [-0.39, 0.29) is 5.91 Å². The molecule has 3 aromatic rings. The predicted octanol–water partition coefficient (Wildman–Crippen LogP) is 2.67. The van der Waals surface area contributed by atoms with Crippen LogP contribution in [0.25, 0.3) is 4.96 Å². The van der Waals surface area contributed by atoms with Crippen LogP contribution in [-0.2, 0) is 0 Å². The third kappa shape index (κ3) is 2.70. The number of para-hydroxylation sites is 1. The zero-order chi connectivity index (χ0) is 15.8. The Hall–Kier alpha value is -2.34. The van der Waals surface area contributed by atoms with Gasteiger partial charge in [-0.1, -0.05) is 18.2 Å². The van der Waals surface area contributed by atoms with Crippen molar-refractivity contribution >= 4 is 27.9 Å². The second-order valence-corrected chi connectivity index (χ2v) is 6.99. The summed E-state index contributed by atoms with van der Waals surface area (Å²) >= 11 is 1.61. The minimum absolute atomic E-state index is 0.0336. The fourth-order valence-electron chi connectivity index (χ4n) is 2.98. The van der Waals surface area contributed by atoms with Crippen LogP contribution < -0.4 is 4.90 Å². The number of imidazole rings is 1. The molecule has 1 fully saturated rings. The number of benzene rings is 1. The molecule has 5 nitrogen and oxygen atoms in total. The molecule has 0 aliphatic carbocycles. The minimum atomic E-state index is 0.0336. The molecule has 0 unspecified atom stereocenters. The van der Waals surface area contributed by atoms with Gasteiger partial charge in [-0.05, 0) is 19.1 Å². The number of aryl methyl sites for hydroxylation is 1. The Bertz CT molecular complexity index is 799. The van der Waals surface area contributed by atoms with Crippen LogP contribution in [-0.4, -0.2) is 46.4 Å². The second-order valence-electron chi connectivity index (χ2n) is 5.77. The summed E-state index contributed by atoms with van der Waals surface area (Å²) in [5, 5.41) is 0. The van der Waals surface area contributed by atoms with Gasteiger partial charge in [-0.3, -0.25) is 9.20 Å². The lowest BCUT2D eigenvalue weighted by molar-refractivity contribution is 0.0741. The number of carbonyl (C=O) groups is 1. The van der Waals surface area contributed by atoms with E-state index in [2.05, 4.69) is 22.0 Å². The number of hydrogen-bond acceptors (Lipinski definition) is 4. The highest BCUT2D eigenvalue weighted by molar-refractivity contribution is 7.17. The van der Waals surface area contributed by atoms with Crippen molar-refractivity contribution in [1.29, 1.82) is 0 Å². The van der Waals surface area contributed by atoms with E-state index in [1.807, 2.05) is 46.8 Å². The lowest BCUT2D eigenvalue weighted by Gasteiger charge is -2.35. The van der Waals surface area contributed by atoms with Crippen molar-refractivity contribution < 1.29 is 4.79 Å². The first-order valence-electron chi connectivity index (χ1n) is 7.75. The number of hydrogen-bond donors (Lipinski definition) is 0. The summed E-state index contributed by atoms with van der Waals surface area (Å²) in [5.41, 5.74) is 1.77. The Kier molecular flexibility index (Phi) is 3.53. The predicted molar refractivity (Wildman–Crippen MR) is 92.4 cm³/mol. The summed E-state index contributed by atoms with van der Waals surface area (Å²) in [5.74, 6) is 0.0336. The van der Waals surface area contributed by atoms with Crippen LogP contribution in [0, 0.1) is 6.92 Å². The highest BCUT2D eigenvalue weighted by Crippen LogP contribution is 2.19. The largest absolute Gasteiger partial charge is 0.368 e. The normalized spacial score (nSPS) is 15.3. The molecule has 1 saturated heterocycles. The minimum Gasteiger partial charge on any atom is -0.368 e. The highest BCUT2D eigenvalue weighted by Gasteiger charge is 2.24. The molecule has 23 heavy (non-hydrogen) atoms. The molecule has 6 heteroatoms. The molecule has 0 atom stereocenters. The van der Waals surface area contributed by atoms with Gasteiger partial charge in [0, 0.05) is 49.1 Å². The first-order valence-corrected chi connectivity index (χ1v) is 8.57. The van der Waals surface area contributed by atoms with E-state index in [0.29, 0.717) is 5.69 Å². The van der Waals surface area contributed by atoms with Crippen molar-refractivity contribution in [1.82, 2.24) is 14.3 Å². The Morgan fingerprint density at radius 1 is 1.09 bits per heavy atom. The van der Waals surface area contributed by atoms with Crippen LogP contribution in [0.2, 0.25) is 0 Å². The lowest BCUT2D eigenvalue weighted by Crippen LogP contribution is -2.48. The molecule has 1 aromatic carbocycles. The van der Waals surface area contributed by atoms with E-state index < -0.39 is 0 Å². The summed E-state index contributed by atoms with van der Waals surface area (Å²) in [6.45, 7) is 5.23. The fraction of sp³-hybridized carbons (Fsp3) is 0.294. The Morgan fingerprint density at radius 3 is 2.52 bits per heavy atom. The zero-order valence-electron chi connectivity index (χ0n) is 13.0. The van der Waals surface area contributed by atoms with Crippen molar-refractivity contribution in [3.8, 4) is 0 Å². The molecule has 118 valence electrons. The van der Waals surface area contributed by atoms with Gasteiger partial charge in [0.05, 0.1) is 0 Å². The molecule has 3 heterocycles. The summed E-state index contributed by atoms with van der Waals surface area (Å²) < 4.78 is 1.94. The van der Waals surface area contributed by atoms with Gasteiger partial charge in [0.2, 0.25) is 0 Å². The van der Waals surface area contributed by atoms with Gasteiger partial charge in [0.25, 0.3) is 5.91 Å². The van der Waals surface area contributed by atoms with E-state index in [0.717, 1.165) is 31.1 Å². The number of amides is 1. The Balaban J connectivity index is 1.45. The van der Waals surface area contributed by atoms with Crippen molar-refractivity contribution in [3.63, 3.8) is 0 Å². The Morgan fingerprint density at radius 2 is 1.83 bits per heavy atom. The number of anilines is 1. The zero-order valence-corrected chi connectivity index (χ0v) is 13.8. The third-order valence-electron chi connectivity index (χ3n) is 4.18. The molecule has 1 aliphatic rings. The average molecular weight is 326 g/mol. The molecule has 1 amide bonds. The number of thiazole rings is 1. The number of carbonyl (C=O) groups excluding carboxylic acids is 1. The van der Waals surface area contributed by atoms with E-state index in [1.54, 1.807) is 11.3 Å². The number of aromatic nitrogens is 2. The maximum Gasteiger partial charge on any atom is 0.274 e. The van der Waals surface area contributed by atoms with E-state index in [9.17, 15) is 4.79 Å². The van der Waals surface area contributed by atoms with Crippen LogP contribution in [0.5, 0.6) is 0 Å². The molecule has 0 bridgehead atoms. The van der Waals surface area contributed by atoms with Gasteiger partial charge >= 0.3 is 0 Å². The summed E-state index contributed by atoms with van der Waals surface area (Å²) in [7, 11) is 0. The fourth-order valence-corrected chi connectivity index (χ4v) is 3.79. The lowest BCUT2D eigenvalue weighted by atomic mass is 10.2. The molecular weight excluding hydrogens is 308 g/mol. The monoisotopic (exact) mass is 326 g/mol. The SMILES string of the molecule is Cc1cn2cc(C(=O)N3CCN(c4ccccc4)CC3)nc2s1. The standard InChI is InChI=1S/C17H18N4OS/c1-13-11-21-12-15(18-17(21)23-13)16(22)20-9-7-19(8-10-20)14-5-3-2-4-6-14/h2-6,11-12H,7-10H2,1H3. The molecule has 1 aliphatic heterocycles. The molecular formula is C17H18N4OS. The molecule has 0 radical (unpaired) electrons. The molecule has 2 aromatic heterocycles. The van der Waals surface area contributed by atoms with E-state index in [4.69, 9.17) is 0 Å². The van der Waals surface area contributed by atoms with Gasteiger partial charge in [-0.25, -0.2) is 4.98 Å². The summed E-state index contributed by atoms with van der Waals surface area (Å²) in [6, 6.07) is 10.3. The molecule has 0 N–H and O–H groups in total. The smallest absolute Gasteiger partial charge is 0.274 e. The number of fused-ring (bicyclic) bond motifs is 1. The molecule has 0 saturated carbocycles. The summed E-state index contributed by atoms with van der Waals surface area (Å²) in [4.78, 5) is 23.4. The van der Waals surface area contributed by atoms with Crippen LogP contribution in [0.1, 0.15) is 15.4 Å². The van der Waals surface area contributed by atoms with Gasteiger partial charge in [-0.15, -0.1) is 11.3 Å². The van der Waals surface area contributed by atoms with Gasteiger partial charge < -0.3 is 9.80 Å². The second kappa shape index (κ2) is 5.70. The van der Waals surface area contributed by atoms with Crippen LogP contribution >= 0.6 is 11.3 Å². The van der Waals surface area contributed by atoms with Gasteiger partial charge in [0.1, 0.15) is 5.69 Å². The van der Waals surface area contributed by atoms with E-state index >= 15 is 0 Å². The summed E-state index contributed by atoms with van der Waals surface area (Å²) in [6.07, 6.45) is 3.85. The van der Waals surface area contributed by atoms with Crippen molar-refractivity contribution in [2.45, 2.75) is 6.92 Å². The molecule has 4 rings (SSSR count).